The highest BCUT2D eigenvalue weighted by molar-refractivity contribution is 7.99. The molecule has 8 nitrogen and oxygen atoms in total. The van der Waals surface area contributed by atoms with Gasteiger partial charge in [-0.3, -0.25) is 9.78 Å². The summed E-state index contributed by atoms with van der Waals surface area (Å²) in [5.74, 6) is 1.39. The fourth-order valence-electron chi connectivity index (χ4n) is 5.24. The number of likely N-dealkylation sites (tertiary alicyclic amines) is 1. The summed E-state index contributed by atoms with van der Waals surface area (Å²) >= 11 is 1.81. The number of imidazole rings is 1. The summed E-state index contributed by atoms with van der Waals surface area (Å²) < 4.78 is 7.38. The van der Waals surface area contributed by atoms with Crippen LogP contribution >= 0.6 is 11.8 Å². The summed E-state index contributed by atoms with van der Waals surface area (Å²) in [6.45, 7) is 2.75. The third kappa shape index (κ3) is 6.78. The van der Waals surface area contributed by atoms with E-state index in [4.69, 9.17) is 4.74 Å². The number of aryl methyl sites for hydroxylation is 1. The number of hydrogen-bond acceptors (Lipinski definition) is 7. The number of methoxy groups -OCH3 is 1. The third-order valence-electron chi connectivity index (χ3n) is 7.21. The molecule has 1 aromatic carbocycles. The predicted molar refractivity (Wildman–Crippen MR) is 141 cm³/mol. The molecule has 0 bridgehead atoms. The van der Waals surface area contributed by atoms with Gasteiger partial charge in [0.2, 0.25) is 0 Å². The second kappa shape index (κ2) is 12.6. The van der Waals surface area contributed by atoms with E-state index in [1.54, 1.807) is 25.1 Å². The van der Waals surface area contributed by atoms with E-state index < -0.39 is 12.1 Å². The van der Waals surface area contributed by atoms with E-state index in [-0.39, 0.29) is 12.3 Å². The summed E-state index contributed by atoms with van der Waals surface area (Å²) in [6.07, 6.45) is 8.39. The van der Waals surface area contributed by atoms with Crippen molar-refractivity contribution in [3.63, 3.8) is 0 Å². The molecule has 1 aliphatic rings. The van der Waals surface area contributed by atoms with Gasteiger partial charge >= 0.3 is 5.97 Å². The number of pyridine rings is 1. The average molecular weight is 513 g/mol. The van der Waals surface area contributed by atoms with Gasteiger partial charge in [0.05, 0.1) is 36.3 Å². The summed E-state index contributed by atoms with van der Waals surface area (Å²) in [7, 11) is 3.63. The number of aliphatic carboxylic acids is 1. The first-order valence-corrected chi connectivity index (χ1v) is 13.6. The number of aliphatic hydroxyl groups is 1. The highest BCUT2D eigenvalue weighted by Gasteiger charge is 2.31. The fraction of sp³-hybridized carbons (Fsp3) is 0.519. The van der Waals surface area contributed by atoms with Crippen LogP contribution in [-0.2, 0) is 11.8 Å². The number of carboxylic acid groups (broad SMARTS) is 1. The van der Waals surface area contributed by atoms with Crippen LogP contribution in [0.2, 0.25) is 0 Å². The van der Waals surface area contributed by atoms with Crippen LogP contribution in [0, 0.1) is 11.8 Å². The highest BCUT2D eigenvalue weighted by Crippen LogP contribution is 2.35. The minimum absolute atomic E-state index is 0.0995. The maximum Gasteiger partial charge on any atom is 0.303 e. The topological polar surface area (TPSA) is 101 Å². The Labute approximate surface area is 216 Å². The number of aromatic nitrogens is 3. The first-order valence-electron chi connectivity index (χ1n) is 12.6. The van der Waals surface area contributed by atoms with Crippen molar-refractivity contribution in [3.05, 3.63) is 48.5 Å². The molecule has 0 spiro atoms. The summed E-state index contributed by atoms with van der Waals surface area (Å²) in [6, 6.07) is 7.55. The molecule has 0 saturated carbocycles. The van der Waals surface area contributed by atoms with E-state index in [2.05, 4.69) is 14.9 Å². The largest absolute Gasteiger partial charge is 0.497 e. The molecular formula is C27H36N4O4S. The van der Waals surface area contributed by atoms with Gasteiger partial charge < -0.3 is 24.4 Å². The van der Waals surface area contributed by atoms with Gasteiger partial charge in [-0.25, -0.2) is 4.98 Å². The number of carboxylic acids is 1. The normalized spacial score (nSPS) is 19.4. The van der Waals surface area contributed by atoms with Crippen molar-refractivity contribution < 1.29 is 19.7 Å². The first kappa shape index (κ1) is 26.4. The number of thioether (sulfide) groups is 1. The van der Waals surface area contributed by atoms with Crippen molar-refractivity contribution in [1.82, 2.24) is 19.4 Å². The summed E-state index contributed by atoms with van der Waals surface area (Å²) in [5, 5.41) is 22.7. The van der Waals surface area contributed by atoms with Crippen LogP contribution in [0.15, 0.2) is 48.0 Å². The maximum atomic E-state index is 11.6. The molecule has 0 aliphatic carbocycles. The number of aliphatic hydroxyl groups excluding tert-OH is 1. The van der Waals surface area contributed by atoms with E-state index in [1.807, 2.05) is 48.4 Å². The Kier molecular flexibility index (Phi) is 9.23. The second-order valence-corrected chi connectivity index (χ2v) is 10.7. The number of piperidine rings is 1. The number of hydrogen-bond donors (Lipinski definition) is 2. The zero-order chi connectivity index (χ0) is 25.5. The van der Waals surface area contributed by atoms with Gasteiger partial charge in [0, 0.05) is 37.3 Å². The Hall–Kier alpha value is -2.62. The van der Waals surface area contributed by atoms with Gasteiger partial charge in [-0.15, -0.1) is 11.8 Å². The number of fused-ring (bicyclic) bond motifs is 1. The zero-order valence-corrected chi connectivity index (χ0v) is 21.9. The Bertz CT molecular complexity index is 1150. The standard InChI is InChI=1S/C27H36N4O4S/c1-30-18-28-16-26(30)36-13-3-11-31-12-9-19(20(17-31)14-27(33)34)4-7-25(32)22-8-10-29-24-6-5-21(35-2)15-23(22)24/h5-6,8,10,15-16,18-20,25,32H,3-4,7,9,11-14,17H2,1-2H3,(H,33,34)/t19-,20+,25?/m1/s1. The predicted octanol–water partition coefficient (Wildman–Crippen LogP) is 4.39. The molecule has 3 aromatic rings. The molecule has 3 heterocycles. The molecule has 0 radical (unpaired) electrons. The van der Waals surface area contributed by atoms with Crippen LogP contribution in [0.5, 0.6) is 5.75 Å². The van der Waals surface area contributed by atoms with Crippen LogP contribution in [0.1, 0.15) is 43.8 Å². The van der Waals surface area contributed by atoms with Crippen LogP contribution in [0.25, 0.3) is 10.9 Å². The molecule has 2 N–H and O–H groups in total. The van der Waals surface area contributed by atoms with Crippen LogP contribution in [0.3, 0.4) is 0 Å². The number of ether oxygens (including phenoxy) is 1. The summed E-state index contributed by atoms with van der Waals surface area (Å²) in [5.41, 5.74) is 1.67. The lowest BCUT2D eigenvalue weighted by atomic mass is 9.79. The average Bonchev–Trinajstić information content (AvgIpc) is 3.29. The van der Waals surface area contributed by atoms with Crippen molar-refractivity contribution >= 4 is 28.6 Å². The Morgan fingerprint density at radius 1 is 1.31 bits per heavy atom. The van der Waals surface area contributed by atoms with Crippen molar-refractivity contribution in [3.8, 4) is 5.75 Å². The molecule has 9 heteroatoms. The molecule has 2 aromatic heterocycles. The van der Waals surface area contributed by atoms with Gasteiger partial charge in [0.25, 0.3) is 0 Å². The Morgan fingerprint density at radius 3 is 2.92 bits per heavy atom. The van der Waals surface area contributed by atoms with Gasteiger partial charge in [0.15, 0.2) is 0 Å². The number of rotatable bonds is 12. The lowest BCUT2D eigenvalue weighted by molar-refractivity contribution is -0.139. The highest BCUT2D eigenvalue weighted by atomic mass is 32.2. The monoisotopic (exact) mass is 512 g/mol. The molecule has 1 aliphatic heterocycles. The molecule has 1 fully saturated rings. The van der Waals surface area contributed by atoms with Gasteiger partial charge in [0.1, 0.15) is 5.75 Å². The van der Waals surface area contributed by atoms with Crippen LogP contribution < -0.4 is 4.74 Å². The smallest absolute Gasteiger partial charge is 0.303 e. The van der Waals surface area contributed by atoms with Crippen LogP contribution in [-0.4, -0.2) is 68.1 Å². The molecule has 0 amide bonds. The molecule has 36 heavy (non-hydrogen) atoms. The van der Waals surface area contributed by atoms with Crippen molar-refractivity contribution in [2.45, 2.75) is 43.2 Å². The van der Waals surface area contributed by atoms with E-state index in [0.717, 1.165) is 71.9 Å². The fourth-order valence-corrected chi connectivity index (χ4v) is 6.10. The van der Waals surface area contributed by atoms with Crippen LogP contribution in [0.4, 0.5) is 0 Å². The summed E-state index contributed by atoms with van der Waals surface area (Å²) in [4.78, 5) is 22.6. The van der Waals surface area contributed by atoms with Gasteiger partial charge in [-0.2, -0.15) is 0 Å². The Balaban J connectivity index is 1.32. The van der Waals surface area contributed by atoms with E-state index in [0.29, 0.717) is 12.3 Å². The van der Waals surface area contributed by atoms with Crippen molar-refractivity contribution in [1.29, 1.82) is 0 Å². The van der Waals surface area contributed by atoms with Gasteiger partial charge in [-0.05, 0) is 80.4 Å². The second-order valence-electron chi connectivity index (χ2n) is 9.63. The molecular weight excluding hydrogens is 476 g/mol. The SMILES string of the molecule is COc1ccc2nccc(C(O)CC[C@@H]3CCN(CCCSc4cncn4C)C[C@@H]3CC(=O)O)c2c1. The van der Waals surface area contributed by atoms with Crippen molar-refractivity contribution in [2.75, 3.05) is 32.5 Å². The Morgan fingerprint density at radius 2 is 2.17 bits per heavy atom. The molecule has 1 saturated heterocycles. The van der Waals surface area contributed by atoms with Gasteiger partial charge in [-0.1, -0.05) is 0 Å². The quantitative estimate of drug-likeness (QED) is 0.272. The van der Waals surface area contributed by atoms with E-state index >= 15 is 0 Å². The zero-order valence-electron chi connectivity index (χ0n) is 21.0. The third-order valence-corrected chi connectivity index (χ3v) is 8.39. The maximum absolute atomic E-state index is 11.6. The van der Waals surface area contributed by atoms with E-state index in [9.17, 15) is 15.0 Å². The van der Waals surface area contributed by atoms with Crippen molar-refractivity contribution in [2.24, 2.45) is 18.9 Å². The number of benzene rings is 1. The minimum atomic E-state index is -0.744. The number of nitrogens with zero attached hydrogens (tertiary/aromatic N) is 4. The molecule has 4 rings (SSSR count). The van der Waals surface area contributed by atoms with E-state index in [1.165, 1.54) is 0 Å². The molecule has 194 valence electrons. The number of carbonyl (C=O) groups is 1. The lowest BCUT2D eigenvalue weighted by Gasteiger charge is -2.38. The minimum Gasteiger partial charge on any atom is -0.497 e. The first-order chi connectivity index (χ1) is 17.4. The lowest BCUT2D eigenvalue weighted by Crippen LogP contribution is -2.42. The molecule has 3 atom stereocenters. The molecule has 1 unspecified atom stereocenters.